The number of hydrogen-bond donors (Lipinski definition) is 3. The molecular weight excluding hydrogens is 294 g/mol. The van der Waals surface area contributed by atoms with Gasteiger partial charge in [-0.25, -0.2) is 13.1 Å². The fourth-order valence-electron chi connectivity index (χ4n) is 1.82. The van der Waals surface area contributed by atoms with Gasteiger partial charge >= 0.3 is 0 Å². The first-order valence-electron chi connectivity index (χ1n) is 6.19. The first kappa shape index (κ1) is 15.0. The molecule has 108 valence electrons. The highest BCUT2D eigenvalue weighted by atomic mass is 32.2. The summed E-state index contributed by atoms with van der Waals surface area (Å²) in [5.41, 5.74) is 3.13. The second-order valence-electron chi connectivity index (χ2n) is 4.27. The van der Waals surface area contributed by atoms with E-state index in [0.717, 1.165) is 4.88 Å². The van der Waals surface area contributed by atoms with E-state index in [0.29, 0.717) is 12.1 Å². The predicted molar refractivity (Wildman–Crippen MR) is 81.9 cm³/mol. The molecule has 0 saturated carbocycles. The topological polar surface area (TPSA) is 84.2 Å². The predicted octanol–water partition coefficient (Wildman–Crippen LogP) is 2.46. The van der Waals surface area contributed by atoms with Crippen LogP contribution in [0.1, 0.15) is 24.3 Å². The summed E-state index contributed by atoms with van der Waals surface area (Å²) in [5, 5.41) is 1.94. The molecule has 4 N–H and O–H groups in total. The Bertz CT molecular complexity index is 637. The molecule has 1 aromatic carbocycles. The van der Waals surface area contributed by atoms with Gasteiger partial charge in [0.15, 0.2) is 0 Å². The summed E-state index contributed by atoms with van der Waals surface area (Å²) in [6.45, 7) is 1.95. The molecule has 0 aliphatic rings. The zero-order valence-electron chi connectivity index (χ0n) is 11.0. The Morgan fingerprint density at radius 1 is 1.25 bits per heavy atom. The van der Waals surface area contributed by atoms with Crippen LogP contribution in [0, 0.1) is 0 Å². The van der Waals surface area contributed by atoms with Crippen molar-refractivity contribution in [1.29, 1.82) is 0 Å². The molecule has 0 aliphatic carbocycles. The molecule has 0 radical (unpaired) electrons. The maximum Gasteiger partial charge on any atom is 0.241 e. The number of nitrogens with one attached hydrogen (secondary N) is 2. The lowest BCUT2D eigenvalue weighted by molar-refractivity contribution is 0.553. The summed E-state index contributed by atoms with van der Waals surface area (Å²) in [4.78, 5) is 1.24. The summed E-state index contributed by atoms with van der Waals surface area (Å²) < 4.78 is 27.4. The van der Waals surface area contributed by atoms with Crippen LogP contribution in [0.5, 0.6) is 0 Å². The van der Waals surface area contributed by atoms with E-state index in [9.17, 15) is 8.42 Å². The van der Waals surface area contributed by atoms with Gasteiger partial charge in [0.1, 0.15) is 0 Å². The van der Waals surface area contributed by atoms with Crippen LogP contribution in [-0.2, 0) is 10.0 Å². The van der Waals surface area contributed by atoms with E-state index in [1.165, 1.54) is 12.1 Å². The number of rotatable bonds is 6. The number of hydrogen-bond acceptors (Lipinski definition) is 5. The Morgan fingerprint density at radius 3 is 2.45 bits per heavy atom. The zero-order valence-corrected chi connectivity index (χ0v) is 12.7. The van der Waals surface area contributed by atoms with Crippen molar-refractivity contribution in [2.24, 2.45) is 5.84 Å². The van der Waals surface area contributed by atoms with Crippen molar-refractivity contribution < 1.29 is 8.42 Å². The van der Waals surface area contributed by atoms with Crippen molar-refractivity contribution in [1.82, 2.24) is 4.72 Å². The van der Waals surface area contributed by atoms with Crippen LogP contribution in [0.3, 0.4) is 0 Å². The van der Waals surface area contributed by atoms with Crippen LogP contribution in [0.4, 0.5) is 5.69 Å². The zero-order chi connectivity index (χ0) is 14.6. The molecule has 1 aromatic heterocycles. The first-order valence-corrected chi connectivity index (χ1v) is 8.55. The fraction of sp³-hybridized carbons (Fsp3) is 0.231. The molecular formula is C13H17N3O2S2. The third-order valence-corrected chi connectivity index (χ3v) is 5.40. The molecule has 1 unspecified atom stereocenters. The summed E-state index contributed by atoms with van der Waals surface area (Å²) in [6, 6.07) is 9.95. The van der Waals surface area contributed by atoms with Gasteiger partial charge in [0.05, 0.1) is 10.9 Å². The van der Waals surface area contributed by atoms with Crippen molar-refractivity contribution in [3.63, 3.8) is 0 Å². The molecule has 1 heterocycles. The number of thiophene rings is 1. The highest BCUT2D eigenvalue weighted by Crippen LogP contribution is 2.24. The summed E-state index contributed by atoms with van der Waals surface area (Å²) in [5.74, 6) is 5.26. The smallest absolute Gasteiger partial charge is 0.241 e. The Labute approximate surface area is 122 Å². The van der Waals surface area contributed by atoms with Crippen molar-refractivity contribution in [3.8, 4) is 0 Å². The van der Waals surface area contributed by atoms with E-state index in [1.807, 2.05) is 24.4 Å². The number of hydrazine groups is 1. The Kier molecular flexibility index (Phi) is 4.77. The van der Waals surface area contributed by atoms with Crippen LogP contribution in [0.2, 0.25) is 0 Å². The quantitative estimate of drug-likeness (QED) is 0.565. The second kappa shape index (κ2) is 6.36. The molecule has 5 nitrogen and oxygen atoms in total. The van der Waals surface area contributed by atoms with Gasteiger partial charge < -0.3 is 5.43 Å². The SMILES string of the molecule is CCC(NS(=O)(=O)c1ccc(NN)cc1)c1cccs1. The third-order valence-electron chi connectivity index (χ3n) is 2.92. The third kappa shape index (κ3) is 3.37. The van der Waals surface area contributed by atoms with E-state index in [-0.39, 0.29) is 10.9 Å². The number of nitrogen functional groups attached to an aromatic ring is 1. The molecule has 0 aliphatic heterocycles. The Balaban J connectivity index is 2.21. The van der Waals surface area contributed by atoms with Crippen LogP contribution < -0.4 is 16.0 Å². The van der Waals surface area contributed by atoms with E-state index >= 15 is 0 Å². The molecule has 2 rings (SSSR count). The van der Waals surface area contributed by atoms with Crippen LogP contribution in [0.15, 0.2) is 46.7 Å². The Hall–Kier alpha value is -1.41. The monoisotopic (exact) mass is 311 g/mol. The first-order chi connectivity index (χ1) is 9.56. The van der Waals surface area contributed by atoms with Gasteiger partial charge in [-0.3, -0.25) is 5.84 Å². The molecule has 0 fully saturated rings. The van der Waals surface area contributed by atoms with Gasteiger partial charge in [-0.2, -0.15) is 0 Å². The van der Waals surface area contributed by atoms with Gasteiger partial charge in [0, 0.05) is 10.6 Å². The maximum atomic E-state index is 12.3. The summed E-state index contributed by atoms with van der Waals surface area (Å²) in [6.07, 6.45) is 0.697. The van der Waals surface area contributed by atoms with Crippen LogP contribution >= 0.6 is 11.3 Å². The maximum absolute atomic E-state index is 12.3. The van der Waals surface area contributed by atoms with Crippen LogP contribution in [-0.4, -0.2) is 8.42 Å². The van der Waals surface area contributed by atoms with Crippen molar-refractivity contribution in [3.05, 3.63) is 46.7 Å². The average molecular weight is 311 g/mol. The van der Waals surface area contributed by atoms with Crippen LogP contribution in [0.25, 0.3) is 0 Å². The van der Waals surface area contributed by atoms with Gasteiger partial charge in [0.2, 0.25) is 10.0 Å². The highest BCUT2D eigenvalue weighted by molar-refractivity contribution is 7.89. The average Bonchev–Trinajstić information content (AvgIpc) is 2.99. The fourth-order valence-corrected chi connectivity index (χ4v) is 4.05. The van der Waals surface area contributed by atoms with E-state index < -0.39 is 10.0 Å². The molecule has 1 atom stereocenters. The summed E-state index contributed by atoms with van der Waals surface area (Å²) >= 11 is 1.54. The van der Waals surface area contributed by atoms with Crippen molar-refractivity contribution in [2.75, 3.05) is 5.43 Å². The lowest BCUT2D eigenvalue weighted by Crippen LogP contribution is -2.27. The second-order valence-corrected chi connectivity index (χ2v) is 6.96. The van der Waals surface area contributed by atoms with Gasteiger partial charge in [-0.15, -0.1) is 11.3 Å². The normalized spacial score (nSPS) is 13.1. The Morgan fingerprint density at radius 2 is 1.95 bits per heavy atom. The molecule has 7 heteroatoms. The van der Waals surface area contributed by atoms with Gasteiger partial charge in [-0.1, -0.05) is 13.0 Å². The van der Waals surface area contributed by atoms with E-state index in [1.54, 1.807) is 23.5 Å². The molecule has 0 spiro atoms. The van der Waals surface area contributed by atoms with Gasteiger partial charge in [-0.05, 0) is 42.1 Å². The minimum absolute atomic E-state index is 0.202. The summed E-state index contributed by atoms with van der Waals surface area (Å²) in [7, 11) is -3.53. The number of benzene rings is 1. The molecule has 0 amide bonds. The van der Waals surface area contributed by atoms with Gasteiger partial charge in [0.25, 0.3) is 0 Å². The van der Waals surface area contributed by atoms with Crippen molar-refractivity contribution in [2.45, 2.75) is 24.3 Å². The van der Waals surface area contributed by atoms with E-state index in [2.05, 4.69) is 10.1 Å². The lowest BCUT2D eigenvalue weighted by atomic mass is 10.2. The minimum atomic E-state index is -3.53. The number of nitrogens with two attached hydrogens (primary N) is 1. The minimum Gasteiger partial charge on any atom is -0.324 e. The highest BCUT2D eigenvalue weighted by Gasteiger charge is 2.20. The lowest BCUT2D eigenvalue weighted by Gasteiger charge is -2.16. The van der Waals surface area contributed by atoms with E-state index in [4.69, 9.17) is 5.84 Å². The molecule has 20 heavy (non-hydrogen) atoms. The number of anilines is 1. The molecule has 0 bridgehead atoms. The largest absolute Gasteiger partial charge is 0.324 e. The molecule has 0 saturated heterocycles. The number of sulfonamides is 1. The standard InChI is InChI=1S/C13H17N3O2S2/c1-2-12(13-4-3-9-19-13)16-20(17,18)11-7-5-10(15-14)6-8-11/h3-9,12,15-16H,2,14H2,1H3. The molecule has 2 aromatic rings. The van der Waals surface area contributed by atoms with Crippen molar-refractivity contribution >= 4 is 27.0 Å².